The van der Waals surface area contributed by atoms with E-state index in [0.717, 1.165) is 15.7 Å². The molecule has 1 atom stereocenters. The Morgan fingerprint density at radius 3 is 2.11 bits per heavy atom. The van der Waals surface area contributed by atoms with Gasteiger partial charge in [-0.25, -0.2) is 0 Å². The van der Waals surface area contributed by atoms with E-state index in [1.807, 2.05) is 73.6 Å². The van der Waals surface area contributed by atoms with E-state index in [-0.39, 0.29) is 0 Å². The molecular formula is C15H17NOSe. The van der Waals surface area contributed by atoms with Crippen molar-refractivity contribution >= 4 is 24.0 Å². The molecule has 2 nitrogen and oxygen atoms in total. The minimum absolute atomic E-state index is 0.669. The van der Waals surface area contributed by atoms with E-state index in [9.17, 15) is 3.83 Å². The molecule has 0 amide bonds. The predicted molar refractivity (Wildman–Crippen MR) is 77.0 cm³/mol. The van der Waals surface area contributed by atoms with Crippen LogP contribution < -0.4 is 9.36 Å². The summed E-state index contributed by atoms with van der Waals surface area (Å²) in [6.07, 6.45) is 0. The quantitative estimate of drug-likeness (QED) is 0.807. The maximum absolute atomic E-state index is 12.3. The Balaban J connectivity index is 2.10. The Kier molecular flexibility index (Phi) is 4.29. The Morgan fingerprint density at radius 2 is 1.56 bits per heavy atom. The van der Waals surface area contributed by atoms with Crippen molar-refractivity contribution in [3.05, 3.63) is 60.2 Å². The van der Waals surface area contributed by atoms with Crippen molar-refractivity contribution in [3.8, 4) is 0 Å². The summed E-state index contributed by atoms with van der Waals surface area (Å²) in [6, 6.07) is 18.0. The van der Waals surface area contributed by atoms with Crippen LogP contribution in [0.4, 0.5) is 5.69 Å². The molecular weight excluding hydrogens is 289 g/mol. The Hall–Kier alpha value is -1.44. The molecule has 2 rings (SSSR count). The number of hydrogen-bond acceptors (Lipinski definition) is 2. The molecule has 0 aromatic heterocycles. The van der Waals surface area contributed by atoms with Crippen LogP contribution in [0.3, 0.4) is 0 Å². The average Bonchev–Trinajstić information content (AvgIpc) is 2.40. The maximum atomic E-state index is 12.3. The van der Waals surface area contributed by atoms with Crippen molar-refractivity contribution in [2.75, 3.05) is 19.0 Å². The Bertz CT molecular complexity index is 520. The second-order valence-corrected chi connectivity index (χ2v) is 7.41. The van der Waals surface area contributed by atoms with Gasteiger partial charge in [0.15, 0.2) is 0 Å². The fourth-order valence-electron chi connectivity index (χ4n) is 1.71. The van der Waals surface area contributed by atoms with Crippen LogP contribution >= 0.6 is 0 Å². The van der Waals surface area contributed by atoms with E-state index >= 15 is 0 Å². The normalized spacial score (nSPS) is 12.1. The number of benzene rings is 2. The molecule has 0 radical (unpaired) electrons. The second-order valence-electron chi connectivity index (χ2n) is 4.36. The van der Waals surface area contributed by atoms with E-state index in [2.05, 4.69) is 0 Å². The second kappa shape index (κ2) is 5.94. The van der Waals surface area contributed by atoms with Crippen LogP contribution in [0.5, 0.6) is 0 Å². The standard InChI is InChI=1S/C15H17NOSe/c1-16(2)14-8-10-15(11-9-14)18(17)12-13-6-4-3-5-7-13/h3-11H,12H2,1-2H3. The predicted octanol–water partition coefficient (Wildman–Crippen LogP) is 2.16. The molecule has 0 aliphatic rings. The fraction of sp³-hybridized carbons (Fsp3) is 0.200. The molecule has 0 saturated heterocycles. The van der Waals surface area contributed by atoms with Gasteiger partial charge in [-0.1, -0.05) is 0 Å². The van der Waals surface area contributed by atoms with Gasteiger partial charge in [0.2, 0.25) is 0 Å². The van der Waals surface area contributed by atoms with Gasteiger partial charge in [0.05, 0.1) is 0 Å². The van der Waals surface area contributed by atoms with Crippen LogP contribution in [-0.4, -0.2) is 27.9 Å². The zero-order chi connectivity index (χ0) is 13.0. The first kappa shape index (κ1) is 13.0. The summed E-state index contributed by atoms with van der Waals surface area (Å²) in [4.78, 5) is 2.04. The van der Waals surface area contributed by atoms with Gasteiger partial charge < -0.3 is 0 Å². The molecule has 94 valence electrons. The molecule has 1 unspecified atom stereocenters. The molecule has 3 heteroatoms. The van der Waals surface area contributed by atoms with Crippen molar-refractivity contribution in [2.24, 2.45) is 0 Å². The number of rotatable bonds is 4. The van der Waals surface area contributed by atoms with Crippen LogP contribution in [0, 0.1) is 0 Å². The van der Waals surface area contributed by atoms with Gasteiger partial charge in [0.1, 0.15) is 0 Å². The number of nitrogens with zero attached hydrogens (tertiary/aromatic N) is 1. The van der Waals surface area contributed by atoms with Crippen LogP contribution in [0.2, 0.25) is 0 Å². The zero-order valence-corrected chi connectivity index (χ0v) is 12.4. The summed E-state index contributed by atoms with van der Waals surface area (Å²) in [5, 5.41) is 0.669. The van der Waals surface area contributed by atoms with E-state index < -0.39 is 13.8 Å². The fourth-order valence-corrected chi connectivity index (χ4v) is 4.02. The van der Waals surface area contributed by atoms with Crippen molar-refractivity contribution in [1.82, 2.24) is 0 Å². The molecule has 0 bridgehead atoms. The zero-order valence-electron chi connectivity index (χ0n) is 10.7. The van der Waals surface area contributed by atoms with Crippen LogP contribution in [0.15, 0.2) is 54.6 Å². The summed E-state index contributed by atoms with van der Waals surface area (Å²) in [5.41, 5.74) is 2.28. The van der Waals surface area contributed by atoms with Gasteiger partial charge in [-0.2, -0.15) is 0 Å². The van der Waals surface area contributed by atoms with Gasteiger partial charge in [0, 0.05) is 0 Å². The third-order valence-electron chi connectivity index (χ3n) is 2.76. The van der Waals surface area contributed by atoms with Crippen molar-refractivity contribution in [3.63, 3.8) is 0 Å². The molecule has 0 spiro atoms. The van der Waals surface area contributed by atoms with Gasteiger partial charge in [-0.05, 0) is 0 Å². The summed E-state index contributed by atoms with van der Waals surface area (Å²) < 4.78 is 13.3. The molecule has 2 aromatic rings. The van der Waals surface area contributed by atoms with Crippen molar-refractivity contribution < 1.29 is 3.83 Å². The van der Waals surface area contributed by atoms with Crippen molar-refractivity contribution in [1.29, 1.82) is 0 Å². The van der Waals surface area contributed by atoms with Gasteiger partial charge in [-0.3, -0.25) is 0 Å². The average molecular weight is 306 g/mol. The van der Waals surface area contributed by atoms with Crippen LogP contribution in [0.1, 0.15) is 5.56 Å². The molecule has 0 N–H and O–H groups in total. The molecule has 0 aliphatic heterocycles. The molecule has 0 fully saturated rings. The summed E-state index contributed by atoms with van der Waals surface area (Å²) in [7, 11) is 4.01. The Labute approximate surface area is 112 Å². The van der Waals surface area contributed by atoms with E-state index in [1.165, 1.54) is 0 Å². The third kappa shape index (κ3) is 3.28. The number of hydrogen-bond donors (Lipinski definition) is 0. The topological polar surface area (TPSA) is 20.3 Å². The minimum atomic E-state index is -1.97. The van der Waals surface area contributed by atoms with Crippen molar-refractivity contribution in [2.45, 2.75) is 5.32 Å². The third-order valence-corrected chi connectivity index (χ3v) is 5.68. The Morgan fingerprint density at radius 1 is 0.944 bits per heavy atom. The van der Waals surface area contributed by atoms with Crippen LogP contribution in [0.25, 0.3) is 0 Å². The molecule has 0 saturated carbocycles. The first-order valence-corrected chi connectivity index (χ1v) is 8.63. The van der Waals surface area contributed by atoms with Gasteiger partial charge >= 0.3 is 112 Å². The summed E-state index contributed by atoms with van der Waals surface area (Å²) >= 11 is -1.97. The first-order chi connectivity index (χ1) is 8.66. The molecule has 0 heterocycles. The van der Waals surface area contributed by atoms with E-state index in [1.54, 1.807) is 0 Å². The van der Waals surface area contributed by atoms with Gasteiger partial charge in [0.25, 0.3) is 0 Å². The molecule has 18 heavy (non-hydrogen) atoms. The summed E-state index contributed by atoms with van der Waals surface area (Å²) in [5.74, 6) is 0. The number of anilines is 1. The monoisotopic (exact) mass is 307 g/mol. The summed E-state index contributed by atoms with van der Waals surface area (Å²) in [6.45, 7) is 0. The molecule has 0 aliphatic carbocycles. The molecule has 2 aromatic carbocycles. The van der Waals surface area contributed by atoms with Crippen LogP contribution in [-0.2, 0) is 9.15 Å². The van der Waals surface area contributed by atoms with E-state index in [4.69, 9.17) is 0 Å². The van der Waals surface area contributed by atoms with Gasteiger partial charge in [-0.15, -0.1) is 0 Å². The first-order valence-electron chi connectivity index (χ1n) is 5.86. The van der Waals surface area contributed by atoms with E-state index in [0.29, 0.717) is 5.32 Å². The SMILES string of the molecule is CN(C)c1ccc([Se](=O)Cc2ccccc2)cc1.